The highest BCUT2D eigenvalue weighted by molar-refractivity contribution is 6.38. The fourth-order valence-electron chi connectivity index (χ4n) is 3.83. The molecule has 0 heterocycles. The minimum atomic E-state index is -1.03. The van der Waals surface area contributed by atoms with Gasteiger partial charge >= 0.3 is 11.8 Å². The highest BCUT2D eigenvalue weighted by Crippen LogP contribution is 2.23. The lowest BCUT2D eigenvalue weighted by atomic mass is 10.1. The Hall–Kier alpha value is -4.74. The number of halogens is 4. The molecule has 0 bridgehead atoms. The fraction of sp³-hybridized carbons (Fsp3) is 0.0625. The highest BCUT2D eigenvalue weighted by atomic mass is 35.5. The zero-order valence-corrected chi connectivity index (χ0v) is 27.1. The third kappa shape index (κ3) is 9.15. The molecule has 4 N–H and O–H groups in total. The molecule has 0 fully saturated rings. The summed E-state index contributed by atoms with van der Waals surface area (Å²) in [4.78, 5) is 49.6. The molecule has 0 aromatic heterocycles. The van der Waals surface area contributed by atoms with Crippen molar-refractivity contribution >= 4 is 92.8 Å². The van der Waals surface area contributed by atoms with Gasteiger partial charge in [0.2, 0.25) is 0 Å². The van der Waals surface area contributed by atoms with Crippen LogP contribution in [0.2, 0.25) is 20.1 Å². The smallest absolute Gasteiger partial charge is 0.322 e. The molecule has 14 heteroatoms. The summed E-state index contributed by atoms with van der Waals surface area (Å²) in [7, 11) is 0. The summed E-state index contributed by atoms with van der Waals surface area (Å²) in [6, 6.07) is 22.5. The SMILES string of the molecule is CC(=NNC(=O)C(=O)NN=C(C)c1ccc(NC(=O)c2ccc(Cl)cc2Cl)cc1)c1ccc(NC(=O)c2ccc(Cl)cc2Cl)cc1. The standard InChI is InChI=1S/C32H24Cl4N6O4/c1-17(19-3-9-23(10-4-19)37-29(43)25-13-7-21(33)15-27(25)35)39-41-31(45)32(46)42-40-18(2)20-5-11-24(12-6-20)38-30(44)26-14-8-22(34)16-28(26)36/h3-16H,1-2H3,(H,37,43)(H,38,44)(H,41,45)(H,42,46). The maximum absolute atomic E-state index is 12.5. The normalized spacial score (nSPS) is 11.4. The summed E-state index contributed by atoms with van der Waals surface area (Å²) in [5.41, 5.74) is 8.01. The second-order valence-corrected chi connectivity index (χ2v) is 11.3. The molecule has 0 aliphatic heterocycles. The fourth-order valence-corrected chi connectivity index (χ4v) is 4.82. The minimum Gasteiger partial charge on any atom is -0.322 e. The number of benzene rings is 4. The number of hydrogen-bond acceptors (Lipinski definition) is 6. The van der Waals surface area contributed by atoms with Gasteiger partial charge in [0.25, 0.3) is 11.8 Å². The van der Waals surface area contributed by atoms with E-state index >= 15 is 0 Å². The first-order valence-corrected chi connectivity index (χ1v) is 14.8. The van der Waals surface area contributed by atoms with Crippen molar-refractivity contribution < 1.29 is 19.2 Å². The maximum atomic E-state index is 12.5. The summed E-state index contributed by atoms with van der Waals surface area (Å²) < 4.78 is 0. The van der Waals surface area contributed by atoms with Crippen molar-refractivity contribution in [3.05, 3.63) is 127 Å². The van der Waals surface area contributed by atoms with Crippen LogP contribution in [0.25, 0.3) is 0 Å². The molecule has 0 aliphatic rings. The van der Waals surface area contributed by atoms with Crippen molar-refractivity contribution in [3.8, 4) is 0 Å². The van der Waals surface area contributed by atoms with Crippen LogP contribution in [-0.4, -0.2) is 35.1 Å². The predicted octanol–water partition coefficient (Wildman–Crippen LogP) is 7.19. The second kappa shape index (κ2) is 15.5. The Morgan fingerprint density at radius 2 is 0.870 bits per heavy atom. The van der Waals surface area contributed by atoms with Crippen LogP contribution in [0.3, 0.4) is 0 Å². The van der Waals surface area contributed by atoms with Gasteiger partial charge in [-0.3, -0.25) is 19.2 Å². The van der Waals surface area contributed by atoms with Gasteiger partial charge in [0.1, 0.15) is 0 Å². The number of nitrogens with one attached hydrogen (secondary N) is 4. The van der Waals surface area contributed by atoms with Gasteiger partial charge in [-0.2, -0.15) is 10.2 Å². The molecule has 46 heavy (non-hydrogen) atoms. The van der Waals surface area contributed by atoms with Gasteiger partial charge in [-0.25, -0.2) is 10.9 Å². The lowest BCUT2D eigenvalue weighted by Crippen LogP contribution is -2.36. The van der Waals surface area contributed by atoms with Gasteiger partial charge in [-0.05, 0) is 85.6 Å². The number of nitrogens with zero attached hydrogens (tertiary/aromatic N) is 2. The molecule has 0 atom stereocenters. The van der Waals surface area contributed by atoms with Crippen molar-refractivity contribution in [1.29, 1.82) is 0 Å². The topological polar surface area (TPSA) is 141 Å². The van der Waals surface area contributed by atoms with Crippen LogP contribution in [0.4, 0.5) is 11.4 Å². The van der Waals surface area contributed by atoms with Crippen molar-refractivity contribution in [2.75, 3.05) is 10.6 Å². The largest absolute Gasteiger partial charge is 0.331 e. The van der Waals surface area contributed by atoms with Crippen molar-refractivity contribution in [2.45, 2.75) is 13.8 Å². The van der Waals surface area contributed by atoms with E-state index in [4.69, 9.17) is 46.4 Å². The molecule has 0 saturated carbocycles. The van der Waals surface area contributed by atoms with Crippen molar-refractivity contribution in [2.24, 2.45) is 10.2 Å². The number of anilines is 2. The summed E-state index contributed by atoms with van der Waals surface area (Å²) in [6.45, 7) is 3.27. The Labute approximate surface area is 283 Å². The molecule has 0 unspecified atom stereocenters. The Kier molecular flexibility index (Phi) is 11.5. The zero-order chi connectivity index (χ0) is 33.4. The number of amides is 4. The molecule has 4 aromatic rings. The second-order valence-electron chi connectivity index (χ2n) is 9.59. The summed E-state index contributed by atoms with van der Waals surface area (Å²) >= 11 is 24.0. The average molecular weight is 698 g/mol. The Morgan fingerprint density at radius 3 is 1.20 bits per heavy atom. The maximum Gasteiger partial charge on any atom is 0.331 e. The van der Waals surface area contributed by atoms with Gasteiger partial charge in [-0.1, -0.05) is 70.7 Å². The van der Waals surface area contributed by atoms with Crippen LogP contribution >= 0.6 is 46.4 Å². The van der Waals surface area contributed by atoms with Gasteiger partial charge in [0, 0.05) is 21.4 Å². The molecule has 0 aliphatic carbocycles. The van der Waals surface area contributed by atoms with Crippen molar-refractivity contribution in [3.63, 3.8) is 0 Å². The van der Waals surface area contributed by atoms with Gasteiger partial charge in [0.05, 0.1) is 32.6 Å². The summed E-state index contributed by atoms with van der Waals surface area (Å²) in [5, 5.41) is 14.7. The monoisotopic (exact) mass is 696 g/mol. The van der Waals surface area contributed by atoms with Gasteiger partial charge < -0.3 is 10.6 Å². The van der Waals surface area contributed by atoms with Crippen LogP contribution in [0, 0.1) is 0 Å². The van der Waals surface area contributed by atoms with E-state index in [1.54, 1.807) is 74.5 Å². The van der Waals surface area contributed by atoms with E-state index in [2.05, 4.69) is 31.7 Å². The van der Waals surface area contributed by atoms with E-state index in [9.17, 15) is 19.2 Å². The van der Waals surface area contributed by atoms with E-state index in [-0.39, 0.29) is 21.2 Å². The van der Waals surface area contributed by atoms with Gasteiger partial charge in [0.15, 0.2) is 0 Å². The number of rotatable bonds is 8. The average Bonchev–Trinajstić information content (AvgIpc) is 3.02. The molecule has 4 aromatic carbocycles. The van der Waals surface area contributed by atoms with E-state index in [1.165, 1.54) is 24.3 Å². The number of hydrogen-bond donors (Lipinski definition) is 4. The molecular weight excluding hydrogens is 674 g/mol. The van der Waals surface area contributed by atoms with Crippen LogP contribution < -0.4 is 21.5 Å². The molecule has 4 rings (SSSR count). The first-order chi connectivity index (χ1) is 21.9. The van der Waals surface area contributed by atoms with Crippen LogP contribution in [0.1, 0.15) is 45.7 Å². The van der Waals surface area contributed by atoms with Crippen LogP contribution in [0.5, 0.6) is 0 Å². The quantitative estimate of drug-likeness (QED) is 0.0879. The Bertz CT molecular complexity index is 1740. The Morgan fingerprint density at radius 1 is 0.522 bits per heavy atom. The van der Waals surface area contributed by atoms with Crippen molar-refractivity contribution in [1.82, 2.24) is 10.9 Å². The lowest BCUT2D eigenvalue weighted by Gasteiger charge is -2.09. The Balaban J connectivity index is 1.27. The van der Waals surface area contributed by atoms with E-state index in [0.29, 0.717) is 44.0 Å². The van der Waals surface area contributed by atoms with Crippen LogP contribution in [-0.2, 0) is 9.59 Å². The van der Waals surface area contributed by atoms with Crippen LogP contribution in [0.15, 0.2) is 95.1 Å². The first-order valence-electron chi connectivity index (χ1n) is 13.3. The molecule has 0 saturated heterocycles. The zero-order valence-electron chi connectivity index (χ0n) is 24.1. The van der Waals surface area contributed by atoms with Gasteiger partial charge in [-0.15, -0.1) is 0 Å². The number of carbonyl (C=O) groups is 4. The number of carbonyl (C=O) groups excluding carboxylic acids is 4. The lowest BCUT2D eigenvalue weighted by molar-refractivity contribution is -0.139. The first kappa shape index (κ1) is 34.1. The van der Waals surface area contributed by atoms with E-state index in [0.717, 1.165) is 0 Å². The third-order valence-electron chi connectivity index (χ3n) is 6.33. The summed E-state index contributed by atoms with van der Waals surface area (Å²) in [6.07, 6.45) is 0. The highest BCUT2D eigenvalue weighted by Gasteiger charge is 2.15. The third-order valence-corrected chi connectivity index (χ3v) is 7.42. The number of hydrazone groups is 2. The predicted molar refractivity (Wildman–Crippen MR) is 182 cm³/mol. The molecule has 0 spiro atoms. The molecule has 10 nitrogen and oxygen atoms in total. The molecule has 0 radical (unpaired) electrons. The molecule has 234 valence electrons. The molecule has 4 amide bonds. The molecular formula is C32H24Cl4N6O4. The summed E-state index contributed by atoms with van der Waals surface area (Å²) in [5.74, 6) is -2.87. The van der Waals surface area contributed by atoms with E-state index < -0.39 is 23.6 Å². The van der Waals surface area contributed by atoms with E-state index in [1.807, 2.05) is 0 Å². The minimum absolute atomic E-state index is 0.226.